The van der Waals surface area contributed by atoms with Crippen LogP contribution in [0.5, 0.6) is 0 Å². The van der Waals surface area contributed by atoms with Gasteiger partial charge in [-0.2, -0.15) is 0 Å². The van der Waals surface area contributed by atoms with Crippen molar-refractivity contribution in [2.45, 2.75) is 58.0 Å². The second kappa shape index (κ2) is 13.7. The van der Waals surface area contributed by atoms with Gasteiger partial charge < -0.3 is 19.5 Å². The Morgan fingerprint density at radius 1 is 0.956 bits per heavy atom. The summed E-state index contributed by atoms with van der Waals surface area (Å²) in [7, 11) is 0. The first kappa shape index (κ1) is 30.7. The van der Waals surface area contributed by atoms with Gasteiger partial charge in [0.25, 0.3) is 5.91 Å². The van der Waals surface area contributed by atoms with E-state index in [4.69, 9.17) is 16.0 Å². The van der Waals surface area contributed by atoms with Crippen molar-refractivity contribution in [3.63, 3.8) is 0 Å². The second-order valence-corrected chi connectivity index (χ2v) is 12.5. The largest absolute Gasteiger partial charge is 0.451 e. The molecule has 2 aliphatic heterocycles. The molecule has 2 saturated heterocycles. The fraction of sp³-hybridized carbons (Fsp3) is 0.324. The van der Waals surface area contributed by atoms with Crippen molar-refractivity contribution in [3.8, 4) is 0 Å². The highest BCUT2D eigenvalue weighted by Gasteiger charge is 2.23. The Kier molecular flexibility index (Phi) is 9.36. The third-order valence-electron chi connectivity index (χ3n) is 8.75. The molecule has 1 N–H and O–H groups in total. The highest BCUT2D eigenvalue weighted by atomic mass is 35.5. The predicted molar refractivity (Wildman–Crippen MR) is 179 cm³/mol. The number of piperidine rings is 2. The lowest BCUT2D eigenvalue weighted by molar-refractivity contribution is -0.133. The Morgan fingerprint density at radius 3 is 2.51 bits per heavy atom. The average molecular weight is 624 g/mol. The average Bonchev–Trinajstić information content (AvgIpc) is 3.04. The van der Waals surface area contributed by atoms with E-state index in [0.717, 1.165) is 56.4 Å². The molecule has 45 heavy (non-hydrogen) atoms. The van der Waals surface area contributed by atoms with Gasteiger partial charge >= 0.3 is 0 Å². The summed E-state index contributed by atoms with van der Waals surface area (Å²) >= 11 is 6.13. The smallest absolute Gasteiger partial charge is 0.287 e. The first-order valence-electron chi connectivity index (χ1n) is 15.7. The number of hydrogen-bond donors (Lipinski definition) is 1. The third kappa shape index (κ3) is 7.48. The fourth-order valence-electron chi connectivity index (χ4n) is 6.32. The normalized spacial score (nSPS) is 16.1. The third-order valence-corrected chi connectivity index (χ3v) is 9.00. The number of nitrogens with zero attached hydrogens (tertiary/aromatic N) is 2. The first-order valence-corrected chi connectivity index (χ1v) is 16.1. The van der Waals surface area contributed by atoms with Gasteiger partial charge in [0.15, 0.2) is 11.2 Å². The zero-order valence-electron chi connectivity index (χ0n) is 25.6. The van der Waals surface area contributed by atoms with Crippen molar-refractivity contribution in [1.82, 2.24) is 10.2 Å². The second-order valence-electron chi connectivity index (χ2n) is 12.1. The summed E-state index contributed by atoms with van der Waals surface area (Å²) in [5.41, 5.74) is 5.77. The number of benzene rings is 3. The lowest BCUT2D eigenvalue weighted by Crippen LogP contribution is -2.37. The maximum absolute atomic E-state index is 13.4. The summed E-state index contributed by atoms with van der Waals surface area (Å²) in [6, 6.07) is 22.3. The molecule has 0 aliphatic carbocycles. The number of carbonyl (C=O) groups is 2. The Labute approximate surface area is 268 Å². The topological polar surface area (TPSA) is 82.9 Å². The summed E-state index contributed by atoms with van der Waals surface area (Å²) < 4.78 is 5.87. The lowest BCUT2D eigenvalue weighted by Gasteiger charge is -2.34. The van der Waals surface area contributed by atoms with E-state index in [1.165, 1.54) is 22.9 Å². The van der Waals surface area contributed by atoms with Crippen molar-refractivity contribution in [2.24, 2.45) is 0 Å². The number of nitrogens with one attached hydrogen (secondary N) is 1. The van der Waals surface area contributed by atoms with Gasteiger partial charge in [-0.1, -0.05) is 65.2 Å². The van der Waals surface area contributed by atoms with Gasteiger partial charge in [-0.05, 0) is 80.5 Å². The molecule has 6 rings (SSSR count). The number of halogens is 1. The van der Waals surface area contributed by atoms with E-state index in [-0.39, 0.29) is 23.1 Å². The minimum absolute atomic E-state index is 0.00512. The minimum Gasteiger partial charge on any atom is -0.451 e. The standard InChI is InChI=1S/C37H38ClN3O4/c1-25-9-14-34-31(20-25)33(42)23-35(45-34)37(44)39-30(21-26-10-12-29(38)13-11-26)22-27-15-18-40(19-16-27)32-7-3-2-6-28(32)24-41-17-5-4-8-36(41)43/h2-3,6-7,9-14,20,22-23,30H,4-5,8,15-19,21,24H2,1H3,(H,39,44)/t30-/m1/s1. The molecule has 2 fully saturated rings. The number of para-hydroxylation sites is 1. The van der Waals surface area contributed by atoms with Crippen LogP contribution in [0.3, 0.4) is 0 Å². The quantitative estimate of drug-likeness (QED) is 0.217. The SMILES string of the molecule is Cc1ccc2oc(C(=O)N[C@@H](C=C3CCN(c4ccccc4CN4CCCCC4=O)CC3)Cc3ccc(Cl)cc3)cc(=O)c2c1. The number of carbonyl (C=O) groups excluding carboxylic acids is 2. The Balaban J connectivity index is 1.18. The molecule has 4 aromatic rings. The minimum atomic E-state index is -0.427. The van der Waals surface area contributed by atoms with E-state index in [0.29, 0.717) is 35.4 Å². The van der Waals surface area contributed by atoms with Gasteiger partial charge in [0.2, 0.25) is 5.91 Å². The molecule has 0 spiro atoms. The van der Waals surface area contributed by atoms with Crippen molar-refractivity contribution in [3.05, 3.63) is 122 Å². The predicted octanol–water partition coefficient (Wildman–Crippen LogP) is 6.84. The maximum Gasteiger partial charge on any atom is 0.287 e. The fourth-order valence-corrected chi connectivity index (χ4v) is 6.45. The van der Waals surface area contributed by atoms with Gasteiger partial charge in [-0.25, -0.2) is 0 Å². The molecular formula is C37H38ClN3O4. The molecular weight excluding hydrogens is 586 g/mol. The van der Waals surface area contributed by atoms with Crippen LogP contribution in [0.15, 0.2) is 93.7 Å². The van der Waals surface area contributed by atoms with Crippen LogP contribution in [0.25, 0.3) is 11.0 Å². The van der Waals surface area contributed by atoms with Gasteiger partial charge in [0, 0.05) is 49.4 Å². The highest BCUT2D eigenvalue weighted by molar-refractivity contribution is 6.30. The number of aryl methyl sites for hydroxylation is 1. The molecule has 2 amide bonds. The Hall–Kier alpha value is -4.36. The number of anilines is 1. The highest BCUT2D eigenvalue weighted by Crippen LogP contribution is 2.28. The zero-order chi connectivity index (χ0) is 31.3. The summed E-state index contributed by atoms with van der Waals surface area (Å²) in [5.74, 6) is -0.190. The molecule has 232 valence electrons. The van der Waals surface area contributed by atoms with Crippen molar-refractivity contribution in [1.29, 1.82) is 0 Å². The molecule has 0 bridgehead atoms. The number of fused-ring (bicyclic) bond motifs is 1. The van der Waals surface area contributed by atoms with Crippen molar-refractivity contribution >= 4 is 40.1 Å². The van der Waals surface area contributed by atoms with E-state index in [1.54, 1.807) is 12.1 Å². The van der Waals surface area contributed by atoms with Gasteiger partial charge in [0.1, 0.15) is 5.58 Å². The van der Waals surface area contributed by atoms with Crippen LogP contribution in [0.4, 0.5) is 5.69 Å². The molecule has 1 aromatic heterocycles. The van der Waals surface area contributed by atoms with Crippen LogP contribution in [0, 0.1) is 6.92 Å². The van der Waals surface area contributed by atoms with E-state index >= 15 is 0 Å². The molecule has 3 aromatic carbocycles. The monoisotopic (exact) mass is 623 g/mol. The van der Waals surface area contributed by atoms with E-state index in [2.05, 4.69) is 34.5 Å². The van der Waals surface area contributed by atoms with Crippen LogP contribution in [-0.2, 0) is 17.8 Å². The van der Waals surface area contributed by atoms with Gasteiger partial charge in [-0.3, -0.25) is 14.4 Å². The number of likely N-dealkylation sites (tertiary alicyclic amines) is 1. The van der Waals surface area contributed by atoms with Gasteiger partial charge in [-0.15, -0.1) is 0 Å². The van der Waals surface area contributed by atoms with Crippen LogP contribution >= 0.6 is 11.6 Å². The molecule has 0 saturated carbocycles. The summed E-state index contributed by atoms with van der Waals surface area (Å²) in [5, 5.41) is 4.23. The number of amides is 2. The maximum atomic E-state index is 13.4. The Morgan fingerprint density at radius 2 is 1.73 bits per heavy atom. The van der Waals surface area contributed by atoms with E-state index in [1.807, 2.05) is 48.2 Å². The summed E-state index contributed by atoms with van der Waals surface area (Å²) in [6.07, 6.45) is 7.12. The summed E-state index contributed by atoms with van der Waals surface area (Å²) in [6.45, 7) is 5.07. The van der Waals surface area contributed by atoms with Crippen LogP contribution in [0.2, 0.25) is 5.02 Å². The zero-order valence-corrected chi connectivity index (χ0v) is 26.3. The van der Waals surface area contributed by atoms with E-state index in [9.17, 15) is 14.4 Å². The van der Waals surface area contributed by atoms with E-state index < -0.39 is 5.91 Å². The van der Waals surface area contributed by atoms with Crippen molar-refractivity contribution in [2.75, 3.05) is 24.5 Å². The first-order chi connectivity index (χ1) is 21.8. The lowest BCUT2D eigenvalue weighted by atomic mass is 9.97. The van der Waals surface area contributed by atoms with Crippen LogP contribution in [0.1, 0.15) is 59.3 Å². The Bertz CT molecular complexity index is 1790. The number of hydrogen-bond acceptors (Lipinski definition) is 5. The molecule has 0 radical (unpaired) electrons. The molecule has 0 unspecified atom stereocenters. The molecule has 7 nitrogen and oxygen atoms in total. The van der Waals surface area contributed by atoms with Crippen LogP contribution < -0.4 is 15.6 Å². The molecule has 1 atom stereocenters. The molecule has 2 aliphatic rings. The summed E-state index contributed by atoms with van der Waals surface area (Å²) in [4.78, 5) is 43.1. The van der Waals surface area contributed by atoms with Crippen LogP contribution in [-0.4, -0.2) is 42.4 Å². The van der Waals surface area contributed by atoms with Gasteiger partial charge in [0.05, 0.1) is 11.4 Å². The molecule has 8 heteroatoms. The number of rotatable bonds is 8. The van der Waals surface area contributed by atoms with Crippen molar-refractivity contribution < 1.29 is 14.0 Å². The molecule has 3 heterocycles.